The van der Waals surface area contributed by atoms with Crippen LogP contribution in [0.5, 0.6) is 0 Å². The molecule has 62 heavy (non-hydrogen) atoms. The molecule has 0 fully saturated rings. The Balaban J connectivity index is 1.58. The topological polar surface area (TPSA) is 204 Å². The Hall–Kier alpha value is -6.32. The molecular formula is C46H64N14O2. The van der Waals surface area contributed by atoms with E-state index in [0.29, 0.717) is 83.1 Å². The average Bonchev–Trinajstić information content (AvgIpc) is 3.76. The first-order valence-corrected chi connectivity index (χ1v) is 21.6. The van der Waals surface area contributed by atoms with Crippen molar-refractivity contribution in [2.75, 3.05) is 37.6 Å². The Morgan fingerprint density at radius 1 is 0.613 bits per heavy atom. The molecule has 16 heteroatoms. The van der Waals surface area contributed by atoms with E-state index in [0.717, 1.165) is 36.8 Å². The van der Waals surface area contributed by atoms with Gasteiger partial charge in [0.2, 0.25) is 0 Å². The van der Waals surface area contributed by atoms with Crippen molar-refractivity contribution in [1.82, 2.24) is 39.3 Å². The van der Waals surface area contributed by atoms with Crippen LogP contribution in [0.25, 0.3) is 11.6 Å². The van der Waals surface area contributed by atoms with Gasteiger partial charge in [0.15, 0.2) is 34.6 Å². The van der Waals surface area contributed by atoms with Gasteiger partial charge in [0.25, 0.3) is 11.8 Å². The van der Waals surface area contributed by atoms with Crippen LogP contribution in [0, 0.1) is 13.8 Å². The molecule has 330 valence electrons. The molecule has 2 amide bonds. The van der Waals surface area contributed by atoms with Crippen LogP contribution in [0.2, 0.25) is 0 Å². The summed E-state index contributed by atoms with van der Waals surface area (Å²) in [5.41, 5.74) is 18.1. The second-order valence-electron chi connectivity index (χ2n) is 17.5. The molecule has 16 nitrogen and oxygen atoms in total. The standard InChI is InChI=1S/C46H64N14O2/c1-13-17-25-57(15-3)43(61)31-23-19-21-29(5)35(31)51-53-37-39(45(7,8)9)55-59(41(37)47)33-27-34(50-28-49-33)60-42(48)38(40(56-60)46(10,11)12)54-52-36-30(6)22-20-24-32(36)44(62)58(16-4)26-18-14-2/h19-24,27-28H,13-18,25-26,47-48H2,1-12H3/b53-51+,54-52+. The lowest BCUT2D eigenvalue weighted by atomic mass is 9.91. The highest BCUT2D eigenvalue weighted by Crippen LogP contribution is 2.41. The van der Waals surface area contributed by atoms with E-state index < -0.39 is 10.8 Å². The molecule has 0 aliphatic heterocycles. The number of hydrogen-bond acceptors (Lipinski definition) is 12. The highest BCUT2D eigenvalue weighted by atomic mass is 16.2. The molecule has 0 spiro atoms. The first-order valence-electron chi connectivity index (χ1n) is 21.6. The van der Waals surface area contributed by atoms with Crippen LogP contribution in [0.3, 0.4) is 0 Å². The van der Waals surface area contributed by atoms with Crippen LogP contribution in [-0.4, -0.2) is 77.3 Å². The lowest BCUT2D eigenvalue weighted by Crippen LogP contribution is -2.31. The Morgan fingerprint density at radius 2 is 0.984 bits per heavy atom. The van der Waals surface area contributed by atoms with Crippen molar-refractivity contribution in [2.24, 2.45) is 20.5 Å². The summed E-state index contributed by atoms with van der Waals surface area (Å²) in [6.45, 7) is 26.5. The molecular weight excluding hydrogens is 781 g/mol. The van der Waals surface area contributed by atoms with Gasteiger partial charge in [0.1, 0.15) is 17.7 Å². The number of anilines is 2. The predicted molar refractivity (Wildman–Crippen MR) is 246 cm³/mol. The zero-order valence-electron chi connectivity index (χ0n) is 38.6. The van der Waals surface area contributed by atoms with Gasteiger partial charge in [-0.15, -0.1) is 20.5 Å². The van der Waals surface area contributed by atoms with E-state index in [9.17, 15) is 9.59 Å². The molecule has 4 N–H and O–H groups in total. The number of aromatic nitrogens is 6. The van der Waals surface area contributed by atoms with Crippen molar-refractivity contribution < 1.29 is 9.59 Å². The van der Waals surface area contributed by atoms with Crippen LogP contribution < -0.4 is 11.5 Å². The number of aryl methyl sites for hydroxylation is 2. The largest absolute Gasteiger partial charge is 0.382 e. The van der Waals surface area contributed by atoms with Gasteiger partial charge in [-0.05, 0) is 63.8 Å². The maximum atomic E-state index is 13.7. The highest BCUT2D eigenvalue weighted by Gasteiger charge is 2.30. The number of rotatable bonds is 16. The first-order chi connectivity index (χ1) is 29.4. The minimum atomic E-state index is -0.507. The normalized spacial score (nSPS) is 12.2. The van der Waals surface area contributed by atoms with Crippen LogP contribution in [0.15, 0.2) is 69.2 Å². The van der Waals surface area contributed by atoms with Crippen molar-refractivity contribution in [1.29, 1.82) is 0 Å². The zero-order valence-corrected chi connectivity index (χ0v) is 38.6. The maximum Gasteiger partial charge on any atom is 0.256 e. The molecule has 0 bridgehead atoms. The molecule has 0 atom stereocenters. The number of nitrogens with two attached hydrogens (primary N) is 2. The molecule has 2 aromatic carbocycles. The quantitative estimate of drug-likeness (QED) is 0.0912. The predicted octanol–water partition coefficient (Wildman–Crippen LogP) is 10.6. The summed E-state index contributed by atoms with van der Waals surface area (Å²) < 4.78 is 2.99. The van der Waals surface area contributed by atoms with Gasteiger partial charge in [-0.25, -0.2) is 9.97 Å². The van der Waals surface area contributed by atoms with Gasteiger partial charge >= 0.3 is 0 Å². The summed E-state index contributed by atoms with van der Waals surface area (Å²) >= 11 is 0. The molecule has 0 radical (unpaired) electrons. The van der Waals surface area contributed by atoms with Gasteiger partial charge < -0.3 is 21.3 Å². The molecule has 0 saturated carbocycles. The molecule has 0 unspecified atom stereocenters. The highest BCUT2D eigenvalue weighted by molar-refractivity contribution is 6.00. The molecule has 0 aliphatic carbocycles. The third kappa shape index (κ3) is 10.1. The smallest absolute Gasteiger partial charge is 0.256 e. The number of carbonyl (C=O) groups excluding carboxylic acids is 2. The zero-order chi connectivity index (χ0) is 45.5. The molecule has 3 heterocycles. The monoisotopic (exact) mass is 845 g/mol. The van der Waals surface area contributed by atoms with Crippen molar-refractivity contribution >= 4 is 46.2 Å². The number of amides is 2. The third-order valence-electron chi connectivity index (χ3n) is 10.6. The van der Waals surface area contributed by atoms with E-state index in [1.807, 2.05) is 103 Å². The van der Waals surface area contributed by atoms with Crippen molar-refractivity contribution in [3.8, 4) is 11.6 Å². The summed E-state index contributed by atoms with van der Waals surface area (Å²) in [5.74, 6) is 0.868. The number of carbonyl (C=O) groups is 2. The van der Waals surface area contributed by atoms with Gasteiger partial charge in [-0.2, -0.15) is 19.6 Å². The third-order valence-corrected chi connectivity index (χ3v) is 10.6. The van der Waals surface area contributed by atoms with Gasteiger partial charge in [0, 0.05) is 43.1 Å². The summed E-state index contributed by atoms with van der Waals surface area (Å²) in [4.78, 5) is 40.2. The van der Waals surface area contributed by atoms with Crippen molar-refractivity contribution in [3.63, 3.8) is 0 Å². The Kier molecular flexibility index (Phi) is 14.8. The van der Waals surface area contributed by atoms with E-state index >= 15 is 0 Å². The number of nitrogens with zero attached hydrogens (tertiary/aromatic N) is 12. The molecule has 5 aromatic rings. The fourth-order valence-corrected chi connectivity index (χ4v) is 6.95. The molecule has 3 aromatic heterocycles. The Bertz CT molecular complexity index is 2280. The number of hydrogen-bond donors (Lipinski definition) is 2. The Morgan fingerprint density at radius 3 is 1.32 bits per heavy atom. The van der Waals surface area contributed by atoms with Gasteiger partial charge in [-0.1, -0.05) is 92.5 Å². The second kappa shape index (κ2) is 19.6. The summed E-state index contributed by atoms with van der Waals surface area (Å²) in [5, 5.41) is 28.6. The average molecular weight is 845 g/mol. The van der Waals surface area contributed by atoms with Gasteiger partial charge in [-0.3, -0.25) is 9.59 Å². The van der Waals surface area contributed by atoms with E-state index in [-0.39, 0.29) is 23.5 Å². The number of azo groups is 2. The van der Waals surface area contributed by atoms with Gasteiger partial charge in [0.05, 0.1) is 22.5 Å². The summed E-state index contributed by atoms with van der Waals surface area (Å²) in [6, 6.07) is 12.8. The van der Waals surface area contributed by atoms with E-state index in [1.165, 1.54) is 15.7 Å². The lowest BCUT2D eigenvalue weighted by Gasteiger charge is -2.21. The lowest BCUT2D eigenvalue weighted by molar-refractivity contribution is 0.0755. The van der Waals surface area contributed by atoms with Crippen LogP contribution in [0.1, 0.15) is 138 Å². The fourth-order valence-electron chi connectivity index (χ4n) is 6.95. The Labute approximate surface area is 365 Å². The summed E-state index contributed by atoms with van der Waals surface area (Å²) in [7, 11) is 0. The maximum absolute atomic E-state index is 13.7. The summed E-state index contributed by atoms with van der Waals surface area (Å²) in [6.07, 6.45) is 5.16. The molecule has 0 saturated heterocycles. The van der Waals surface area contributed by atoms with E-state index in [2.05, 4.69) is 34.0 Å². The second-order valence-corrected chi connectivity index (χ2v) is 17.5. The van der Waals surface area contributed by atoms with E-state index in [4.69, 9.17) is 31.9 Å². The number of benzene rings is 2. The number of nitrogen functional groups attached to an aromatic ring is 2. The SMILES string of the molecule is CCCCN(CC)C(=O)c1cccc(C)c1/N=N/c1c(C(C)(C)C)nn(-c2cc(-n3nc(C(C)(C)C)c(/N=N/c4c(C)cccc4C(=O)N(CC)CCCC)c3N)ncn2)c1N. The minimum absolute atomic E-state index is 0.0971. The number of unbranched alkanes of at least 4 members (excludes halogenated alkanes) is 2. The van der Waals surface area contributed by atoms with E-state index in [1.54, 1.807) is 18.2 Å². The van der Waals surface area contributed by atoms with Crippen LogP contribution in [0.4, 0.5) is 34.4 Å². The minimum Gasteiger partial charge on any atom is -0.382 e. The van der Waals surface area contributed by atoms with Crippen molar-refractivity contribution in [3.05, 3.63) is 82.4 Å². The van der Waals surface area contributed by atoms with Crippen molar-refractivity contribution in [2.45, 2.75) is 120 Å². The molecule has 5 rings (SSSR count). The van der Waals surface area contributed by atoms with Crippen LogP contribution in [-0.2, 0) is 10.8 Å². The molecule has 0 aliphatic rings. The van der Waals surface area contributed by atoms with Crippen LogP contribution >= 0.6 is 0 Å². The first kappa shape index (κ1) is 46.7. The fraction of sp³-hybridized carbons (Fsp3) is 0.478.